The van der Waals surface area contributed by atoms with Gasteiger partial charge in [0.1, 0.15) is 0 Å². The van der Waals surface area contributed by atoms with Crippen LogP contribution in [0.3, 0.4) is 0 Å². The molecule has 0 atom stereocenters. The van der Waals surface area contributed by atoms with Crippen LogP contribution in [-0.4, -0.2) is 45.9 Å². The SMILES string of the molecule is COc1cc(/C=C2/SC(=S)N(NC(=O)c3ccc(Br)cc3)C2=O)ccc1OCC(=O)O. The first-order valence-corrected chi connectivity index (χ1v) is 10.7. The summed E-state index contributed by atoms with van der Waals surface area (Å²) in [5.41, 5.74) is 3.50. The van der Waals surface area contributed by atoms with Gasteiger partial charge in [-0.25, -0.2) is 4.79 Å². The van der Waals surface area contributed by atoms with Gasteiger partial charge < -0.3 is 14.6 Å². The summed E-state index contributed by atoms with van der Waals surface area (Å²) in [6, 6.07) is 11.5. The number of hydrogen-bond donors (Lipinski definition) is 2. The standard InChI is InChI=1S/C20H15BrN2O6S2/c1-28-15-8-11(2-7-14(15)29-10-17(24)25)9-16-19(27)23(20(30)31-16)22-18(26)12-3-5-13(21)6-4-12/h2-9H,10H2,1H3,(H,22,26)(H,24,25)/b16-9+. The summed E-state index contributed by atoms with van der Waals surface area (Å²) in [5.74, 6) is -1.47. The van der Waals surface area contributed by atoms with E-state index in [9.17, 15) is 14.4 Å². The van der Waals surface area contributed by atoms with Crippen LogP contribution in [0.4, 0.5) is 0 Å². The maximum absolute atomic E-state index is 12.7. The van der Waals surface area contributed by atoms with Crippen molar-refractivity contribution in [1.82, 2.24) is 10.4 Å². The summed E-state index contributed by atoms with van der Waals surface area (Å²) in [6.45, 7) is -0.508. The molecule has 1 heterocycles. The number of thioether (sulfide) groups is 1. The van der Waals surface area contributed by atoms with Crippen LogP contribution in [0.1, 0.15) is 15.9 Å². The molecule has 8 nitrogen and oxygen atoms in total. The number of nitrogens with zero attached hydrogens (tertiary/aromatic N) is 1. The third-order valence-electron chi connectivity index (χ3n) is 3.95. The number of aliphatic carboxylic acids is 1. The number of hydrazine groups is 1. The van der Waals surface area contributed by atoms with E-state index in [0.717, 1.165) is 21.2 Å². The largest absolute Gasteiger partial charge is 0.493 e. The average molecular weight is 523 g/mol. The summed E-state index contributed by atoms with van der Waals surface area (Å²) < 4.78 is 11.4. The molecule has 3 rings (SSSR count). The number of thiocarbonyl (C=S) groups is 1. The molecule has 31 heavy (non-hydrogen) atoms. The van der Waals surface area contributed by atoms with Gasteiger partial charge in [-0.15, -0.1) is 0 Å². The first-order valence-electron chi connectivity index (χ1n) is 8.65. The third kappa shape index (κ3) is 5.63. The summed E-state index contributed by atoms with van der Waals surface area (Å²) >= 11 is 9.58. The van der Waals surface area contributed by atoms with Gasteiger partial charge >= 0.3 is 5.97 Å². The van der Waals surface area contributed by atoms with Gasteiger partial charge in [-0.05, 0) is 60.3 Å². The van der Waals surface area contributed by atoms with Gasteiger partial charge in [-0.2, -0.15) is 5.01 Å². The van der Waals surface area contributed by atoms with Crippen molar-refractivity contribution in [2.45, 2.75) is 0 Å². The molecular weight excluding hydrogens is 508 g/mol. The quantitative estimate of drug-likeness (QED) is 0.420. The fourth-order valence-corrected chi connectivity index (χ4v) is 3.96. The molecule has 160 valence electrons. The lowest BCUT2D eigenvalue weighted by Crippen LogP contribution is -2.44. The zero-order chi connectivity index (χ0) is 22.5. The van der Waals surface area contributed by atoms with Crippen LogP contribution in [0.5, 0.6) is 11.5 Å². The van der Waals surface area contributed by atoms with E-state index in [0.29, 0.717) is 21.8 Å². The molecule has 2 N–H and O–H groups in total. The maximum atomic E-state index is 12.7. The minimum atomic E-state index is -1.11. The highest BCUT2D eigenvalue weighted by Crippen LogP contribution is 2.34. The number of halogens is 1. The van der Waals surface area contributed by atoms with Crippen molar-refractivity contribution >= 4 is 68.1 Å². The lowest BCUT2D eigenvalue weighted by Gasteiger charge is -2.15. The minimum Gasteiger partial charge on any atom is -0.493 e. The summed E-state index contributed by atoms with van der Waals surface area (Å²) in [7, 11) is 1.42. The Balaban J connectivity index is 1.75. The average Bonchev–Trinajstić information content (AvgIpc) is 3.00. The molecule has 2 amide bonds. The van der Waals surface area contributed by atoms with Crippen LogP contribution >= 0.6 is 39.9 Å². The molecule has 0 aliphatic carbocycles. The second-order valence-corrected chi connectivity index (χ2v) is 8.65. The Morgan fingerprint density at radius 2 is 1.94 bits per heavy atom. The highest BCUT2D eigenvalue weighted by molar-refractivity contribution is 9.10. The van der Waals surface area contributed by atoms with E-state index < -0.39 is 24.4 Å². The van der Waals surface area contributed by atoms with E-state index in [-0.39, 0.29) is 10.1 Å². The zero-order valence-corrected chi connectivity index (χ0v) is 19.2. The van der Waals surface area contributed by atoms with Gasteiger partial charge in [0, 0.05) is 10.0 Å². The Morgan fingerprint density at radius 3 is 2.58 bits per heavy atom. The number of ether oxygens (including phenoxy) is 2. The van der Waals surface area contributed by atoms with Gasteiger partial charge in [0.25, 0.3) is 11.8 Å². The van der Waals surface area contributed by atoms with E-state index >= 15 is 0 Å². The summed E-state index contributed by atoms with van der Waals surface area (Å²) in [6.07, 6.45) is 1.59. The maximum Gasteiger partial charge on any atom is 0.341 e. The fraction of sp³-hybridized carbons (Fsp3) is 0.100. The number of rotatable bonds is 7. The molecule has 2 aromatic rings. The van der Waals surface area contributed by atoms with Crippen molar-refractivity contribution < 1.29 is 29.0 Å². The number of amides is 2. The molecule has 0 radical (unpaired) electrons. The number of methoxy groups -OCH3 is 1. The second-order valence-electron chi connectivity index (χ2n) is 6.06. The number of carbonyl (C=O) groups is 3. The van der Waals surface area contributed by atoms with E-state index in [2.05, 4.69) is 21.4 Å². The van der Waals surface area contributed by atoms with Gasteiger partial charge in [0.2, 0.25) is 0 Å². The molecule has 0 spiro atoms. The van der Waals surface area contributed by atoms with Gasteiger partial charge in [-0.1, -0.05) is 33.8 Å². The smallest absolute Gasteiger partial charge is 0.341 e. The van der Waals surface area contributed by atoms with Crippen molar-refractivity contribution in [3.63, 3.8) is 0 Å². The normalized spacial score (nSPS) is 14.6. The zero-order valence-electron chi connectivity index (χ0n) is 16.0. The summed E-state index contributed by atoms with van der Waals surface area (Å²) in [4.78, 5) is 36.2. The Morgan fingerprint density at radius 1 is 1.23 bits per heavy atom. The first-order chi connectivity index (χ1) is 14.8. The van der Waals surface area contributed by atoms with Crippen molar-refractivity contribution in [2.24, 2.45) is 0 Å². The number of hydrogen-bond acceptors (Lipinski definition) is 7. The lowest BCUT2D eigenvalue weighted by molar-refractivity contribution is -0.139. The van der Waals surface area contributed by atoms with Crippen LogP contribution in [0, 0.1) is 0 Å². The van der Waals surface area contributed by atoms with E-state index in [4.69, 9.17) is 26.8 Å². The van der Waals surface area contributed by atoms with Gasteiger partial charge in [-0.3, -0.25) is 15.0 Å². The highest BCUT2D eigenvalue weighted by atomic mass is 79.9. The predicted octanol–water partition coefficient (Wildman–Crippen LogP) is 3.47. The van der Waals surface area contributed by atoms with Crippen molar-refractivity contribution in [2.75, 3.05) is 13.7 Å². The van der Waals surface area contributed by atoms with Crippen molar-refractivity contribution in [3.05, 3.63) is 63.0 Å². The molecular formula is C20H15BrN2O6S2. The Bertz CT molecular complexity index is 1090. The molecule has 1 aliphatic rings. The number of nitrogens with one attached hydrogen (secondary N) is 1. The van der Waals surface area contributed by atoms with Crippen molar-refractivity contribution in [3.8, 4) is 11.5 Å². The Labute approximate surface area is 195 Å². The minimum absolute atomic E-state index is 0.190. The first kappa shape index (κ1) is 22.8. The Hall–Kier alpha value is -2.89. The number of carboxylic acids is 1. The predicted molar refractivity (Wildman–Crippen MR) is 123 cm³/mol. The van der Waals surface area contributed by atoms with Crippen LogP contribution < -0.4 is 14.9 Å². The fourth-order valence-electron chi connectivity index (χ4n) is 2.52. The lowest BCUT2D eigenvalue weighted by atomic mass is 10.2. The topological polar surface area (TPSA) is 105 Å². The van der Waals surface area contributed by atoms with Crippen LogP contribution in [0.25, 0.3) is 6.08 Å². The summed E-state index contributed by atoms with van der Waals surface area (Å²) in [5, 5.41) is 9.77. The molecule has 1 fully saturated rings. The molecule has 0 bridgehead atoms. The molecule has 2 aromatic carbocycles. The van der Waals surface area contributed by atoms with Crippen LogP contribution in [0.15, 0.2) is 51.8 Å². The molecule has 11 heteroatoms. The van der Waals surface area contributed by atoms with Crippen LogP contribution in [0.2, 0.25) is 0 Å². The number of carboxylic acid groups (broad SMARTS) is 1. The Kier molecular flexibility index (Phi) is 7.31. The molecule has 0 unspecified atom stereocenters. The highest BCUT2D eigenvalue weighted by Gasteiger charge is 2.33. The van der Waals surface area contributed by atoms with Crippen molar-refractivity contribution in [1.29, 1.82) is 0 Å². The third-order valence-corrected chi connectivity index (χ3v) is 5.78. The van der Waals surface area contributed by atoms with Gasteiger partial charge in [0.05, 0.1) is 12.0 Å². The number of benzene rings is 2. The van der Waals surface area contributed by atoms with E-state index in [1.165, 1.54) is 7.11 Å². The molecule has 0 saturated carbocycles. The monoisotopic (exact) mass is 522 g/mol. The van der Waals surface area contributed by atoms with E-state index in [1.807, 2.05) is 0 Å². The molecule has 1 aliphatic heterocycles. The second kappa shape index (κ2) is 9.94. The molecule has 0 aromatic heterocycles. The number of carbonyl (C=O) groups excluding carboxylic acids is 2. The van der Waals surface area contributed by atoms with E-state index in [1.54, 1.807) is 48.5 Å². The van der Waals surface area contributed by atoms with Crippen LogP contribution in [-0.2, 0) is 9.59 Å². The molecule has 1 saturated heterocycles. The van der Waals surface area contributed by atoms with Gasteiger partial charge in [0.15, 0.2) is 22.4 Å².